The van der Waals surface area contributed by atoms with Gasteiger partial charge in [-0.3, -0.25) is 4.90 Å². The molecule has 0 radical (unpaired) electrons. The van der Waals surface area contributed by atoms with E-state index >= 15 is 0 Å². The number of nitrogens with one attached hydrogen (secondary N) is 2. The Balaban J connectivity index is 1.53. The van der Waals surface area contributed by atoms with E-state index in [1.165, 1.54) is 32.1 Å². The van der Waals surface area contributed by atoms with Crippen LogP contribution in [0.3, 0.4) is 0 Å². The summed E-state index contributed by atoms with van der Waals surface area (Å²) in [4.78, 5) is 7.31. The zero-order chi connectivity index (χ0) is 20.5. The third kappa shape index (κ3) is 6.96. The predicted octanol–water partition coefficient (Wildman–Crippen LogP) is 1.85. The van der Waals surface area contributed by atoms with Crippen LogP contribution in [0.15, 0.2) is 4.99 Å². The van der Waals surface area contributed by atoms with E-state index in [-0.39, 0.29) is 0 Å². The highest BCUT2D eigenvalue weighted by Gasteiger charge is 2.21. The molecular weight excluding hydrogens is 366 g/mol. The van der Waals surface area contributed by atoms with Crippen LogP contribution in [-0.4, -0.2) is 71.1 Å². The van der Waals surface area contributed by atoms with Gasteiger partial charge in [-0.25, -0.2) is 4.99 Å². The highest BCUT2D eigenvalue weighted by atomic mass is 16.5. The largest absolute Gasteiger partial charge is 0.379 e. The number of ether oxygens (including phenoxy) is 1. The fraction of sp³-hybridized carbons (Fsp3) is 0.857. The second kappa shape index (κ2) is 11.5. The van der Waals surface area contributed by atoms with Crippen molar-refractivity contribution < 1.29 is 4.74 Å². The summed E-state index contributed by atoms with van der Waals surface area (Å²) >= 11 is 0. The summed E-state index contributed by atoms with van der Waals surface area (Å²) < 4.78 is 7.44. The van der Waals surface area contributed by atoms with Gasteiger partial charge in [0, 0.05) is 32.7 Å². The van der Waals surface area contributed by atoms with Gasteiger partial charge in [0.2, 0.25) is 0 Å². The second-order valence-corrected chi connectivity index (χ2v) is 8.40. The van der Waals surface area contributed by atoms with Gasteiger partial charge in [-0.15, -0.1) is 10.2 Å². The van der Waals surface area contributed by atoms with Gasteiger partial charge in [0.15, 0.2) is 11.8 Å². The maximum Gasteiger partial charge on any atom is 0.191 e. The van der Waals surface area contributed by atoms with Crippen LogP contribution in [0, 0.1) is 12.8 Å². The average molecular weight is 406 g/mol. The molecule has 2 N–H and O–H groups in total. The molecule has 164 valence electrons. The third-order valence-corrected chi connectivity index (χ3v) is 6.31. The molecule has 1 aromatic heterocycles. The number of guanidine groups is 1. The summed E-state index contributed by atoms with van der Waals surface area (Å²) in [5, 5.41) is 15.7. The van der Waals surface area contributed by atoms with Crippen molar-refractivity contribution in [3.8, 4) is 0 Å². The Morgan fingerprint density at radius 1 is 1.24 bits per heavy atom. The minimum absolute atomic E-state index is 0.514. The molecule has 1 saturated heterocycles. The van der Waals surface area contributed by atoms with E-state index in [2.05, 4.69) is 32.7 Å². The van der Waals surface area contributed by atoms with Gasteiger partial charge in [-0.2, -0.15) is 0 Å². The van der Waals surface area contributed by atoms with Gasteiger partial charge in [0.1, 0.15) is 12.4 Å². The lowest BCUT2D eigenvalue weighted by Crippen LogP contribution is -2.46. The minimum atomic E-state index is 0.514. The molecule has 3 rings (SSSR count). The van der Waals surface area contributed by atoms with Crippen molar-refractivity contribution in [1.82, 2.24) is 30.3 Å². The first kappa shape index (κ1) is 22.0. The van der Waals surface area contributed by atoms with Crippen LogP contribution in [0.2, 0.25) is 0 Å². The molecule has 0 spiro atoms. The molecule has 0 aromatic carbocycles. The van der Waals surface area contributed by atoms with E-state index in [1.807, 2.05) is 18.5 Å². The van der Waals surface area contributed by atoms with E-state index in [0.717, 1.165) is 69.3 Å². The van der Waals surface area contributed by atoms with Gasteiger partial charge in [0.05, 0.1) is 13.2 Å². The summed E-state index contributed by atoms with van der Waals surface area (Å²) in [5.41, 5.74) is 0. The minimum Gasteiger partial charge on any atom is -0.379 e. The first-order valence-corrected chi connectivity index (χ1v) is 11.4. The summed E-state index contributed by atoms with van der Waals surface area (Å²) in [5.74, 6) is 3.56. The summed E-state index contributed by atoms with van der Waals surface area (Å²) in [6.07, 6.45) is 7.53. The lowest BCUT2D eigenvalue weighted by Gasteiger charge is -2.30. The average Bonchev–Trinajstić information content (AvgIpc) is 3.08. The molecule has 1 saturated carbocycles. The topological polar surface area (TPSA) is 79.6 Å². The number of nitrogens with zero attached hydrogens (tertiary/aromatic N) is 5. The number of aryl methyl sites for hydroxylation is 1. The number of hydrogen-bond acceptors (Lipinski definition) is 5. The van der Waals surface area contributed by atoms with E-state index in [4.69, 9.17) is 9.73 Å². The van der Waals surface area contributed by atoms with Crippen molar-refractivity contribution in [2.45, 2.75) is 65.0 Å². The lowest BCUT2D eigenvalue weighted by atomic mass is 9.84. The summed E-state index contributed by atoms with van der Waals surface area (Å²) in [7, 11) is 2.00. The van der Waals surface area contributed by atoms with E-state index in [1.54, 1.807) is 0 Å². The first-order chi connectivity index (χ1) is 14.2. The van der Waals surface area contributed by atoms with Crippen LogP contribution >= 0.6 is 0 Å². The molecule has 8 heteroatoms. The SMILES string of the molecule is CCC1CCCC(NC(=NCc2nnc(C)n2C)NCCCN2CCOCC2)C1. The zero-order valence-electron chi connectivity index (χ0n) is 18.5. The first-order valence-electron chi connectivity index (χ1n) is 11.4. The van der Waals surface area contributed by atoms with Gasteiger partial charge < -0.3 is 19.9 Å². The molecule has 1 aromatic rings. The molecule has 8 nitrogen and oxygen atoms in total. The Hall–Kier alpha value is -1.67. The van der Waals surface area contributed by atoms with Crippen molar-refractivity contribution in [1.29, 1.82) is 0 Å². The Labute approximate surface area is 175 Å². The Morgan fingerprint density at radius 2 is 2.07 bits per heavy atom. The van der Waals surface area contributed by atoms with Crippen LogP contribution in [0.4, 0.5) is 0 Å². The number of morpholine rings is 1. The van der Waals surface area contributed by atoms with Crippen molar-refractivity contribution in [3.05, 3.63) is 11.6 Å². The van der Waals surface area contributed by atoms with Gasteiger partial charge in [0.25, 0.3) is 0 Å². The number of hydrogen-bond donors (Lipinski definition) is 2. The van der Waals surface area contributed by atoms with Crippen molar-refractivity contribution in [2.75, 3.05) is 39.4 Å². The molecule has 29 heavy (non-hydrogen) atoms. The van der Waals surface area contributed by atoms with E-state index in [9.17, 15) is 0 Å². The van der Waals surface area contributed by atoms with E-state index < -0.39 is 0 Å². The molecule has 2 aliphatic rings. The lowest BCUT2D eigenvalue weighted by molar-refractivity contribution is 0.0376. The van der Waals surface area contributed by atoms with Gasteiger partial charge >= 0.3 is 0 Å². The van der Waals surface area contributed by atoms with Crippen LogP contribution in [0.5, 0.6) is 0 Å². The van der Waals surface area contributed by atoms with Crippen LogP contribution in [-0.2, 0) is 18.3 Å². The smallest absolute Gasteiger partial charge is 0.191 e. The third-order valence-electron chi connectivity index (χ3n) is 6.31. The second-order valence-electron chi connectivity index (χ2n) is 8.40. The molecule has 2 unspecified atom stereocenters. The van der Waals surface area contributed by atoms with Gasteiger partial charge in [-0.05, 0) is 38.6 Å². The van der Waals surface area contributed by atoms with Crippen LogP contribution in [0.1, 0.15) is 57.1 Å². The normalized spacial score (nSPS) is 23.9. The summed E-state index contributed by atoms with van der Waals surface area (Å²) in [6.45, 7) is 10.7. The monoisotopic (exact) mass is 405 g/mol. The predicted molar refractivity (Wildman–Crippen MR) is 116 cm³/mol. The molecule has 0 bridgehead atoms. The highest BCUT2D eigenvalue weighted by molar-refractivity contribution is 5.80. The molecular formula is C21H39N7O. The van der Waals surface area contributed by atoms with Crippen molar-refractivity contribution in [2.24, 2.45) is 18.0 Å². The van der Waals surface area contributed by atoms with Gasteiger partial charge in [-0.1, -0.05) is 26.2 Å². The Kier molecular flexibility index (Phi) is 8.73. The highest BCUT2D eigenvalue weighted by Crippen LogP contribution is 2.26. The number of aromatic nitrogens is 3. The number of rotatable bonds is 8. The molecule has 2 heterocycles. The molecule has 2 fully saturated rings. The Bertz CT molecular complexity index is 639. The van der Waals surface area contributed by atoms with Crippen molar-refractivity contribution in [3.63, 3.8) is 0 Å². The summed E-state index contributed by atoms with van der Waals surface area (Å²) in [6, 6.07) is 0.514. The fourth-order valence-corrected chi connectivity index (χ4v) is 4.21. The van der Waals surface area contributed by atoms with Crippen LogP contribution in [0.25, 0.3) is 0 Å². The zero-order valence-corrected chi connectivity index (χ0v) is 18.5. The number of aliphatic imine (C=N–C) groups is 1. The quantitative estimate of drug-likeness (QED) is 0.390. The van der Waals surface area contributed by atoms with E-state index in [0.29, 0.717) is 12.6 Å². The molecule has 1 aliphatic heterocycles. The fourth-order valence-electron chi connectivity index (χ4n) is 4.21. The maximum absolute atomic E-state index is 5.43. The van der Waals surface area contributed by atoms with Crippen LogP contribution < -0.4 is 10.6 Å². The maximum atomic E-state index is 5.43. The molecule has 2 atom stereocenters. The standard InChI is InChI=1S/C21H39N7O/c1-4-18-7-5-8-19(15-18)24-21(23-16-20-26-25-17(2)27(20)3)22-9-6-10-28-11-13-29-14-12-28/h18-19H,4-16H2,1-3H3,(H2,22,23,24). The molecule has 0 amide bonds. The molecule has 1 aliphatic carbocycles. The Morgan fingerprint density at radius 3 is 2.79 bits per heavy atom. The van der Waals surface area contributed by atoms with Crippen molar-refractivity contribution >= 4 is 5.96 Å².